The summed E-state index contributed by atoms with van der Waals surface area (Å²) >= 11 is 0. The van der Waals surface area contributed by atoms with Gasteiger partial charge in [0.2, 0.25) is 5.91 Å². The largest absolute Gasteiger partial charge is 0.392 e. The maximum Gasteiger partial charge on any atom is 0.276 e. The molecule has 0 saturated heterocycles. The SMILES string of the molecule is CCOC1C[C@H]1C(=O)Nc1cc(-c2ccnc(N3CCn4c(cc5c4CC(C)(C)C5)C3=O)c2CO)cn(C)c1=O. The Kier molecular flexibility index (Phi) is 6.42. The molecular weight excluding hydrogens is 510 g/mol. The highest BCUT2D eigenvalue weighted by molar-refractivity contribution is 6.06. The van der Waals surface area contributed by atoms with E-state index in [0.717, 1.165) is 12.8 Å². The van der Waals surface area contributed by atoms with E-state index in [1.807, 2.05) is 13.0 Å². The number of aryl methyl sites for hydroxylation is 1. The van der Waals surface area contributed by atoms with Crippen LogP contribution >= 0.6 is 0 Å². The van der Waals surface area contributed by atoms with Crippen LogP contribution in [0.25, 0.3) is 11.1 Å². The van der Waals surface area contributed by atoms with Crippen molar-refractivity contribution in [2.75, 3.05) is 23.4 Å². The first-order chi connectivity index (χ1) is 19.1. The molecule has 0 radical (unpaired) electrons. The number of aromatic nitrogens is 3. The van der Waals surface area contributed by atoms with E-state index in [9.17, 15) is 19.5 Å². The van der Waals surface area contributed by atoms with E-state index in [4.69, 9.17) is 4.74 Å². The van der Waals surface area contributed by atoms with Crippen molar-refractivity contribution in [1.82, 2.24) is 14.1 Å². The molecule has 1 unspecified atom stereocenters. The molecule has 210 valence electrons. The van der Waals surface area contributed by atoms with Crippen molar-refractivity contribution in [1.29, 1.82) is 0 Å². The van der Waals surface area contributed by atoms with Crippen LogP contribution in [0.4, 0.5) is 11.5 Å². The number of hydrogen-bond donors (Lipinski definition) is 2. The molecule has 40 heavy (non-hydrogen) atoms. The predicted molar refractivity (Wildman–Crippen MR) is 150 cm³/mol. The Hall–Kier alpha value is -3.76. The zero-order valence-electron chi connectivity index (χ0n) is 23.4. The monoisotopic (exact) mass is 545 g/mol. The molecule has 6 rings (SSSR count). The maximum atomic E-state index is 13.7. The van der Waals surface area contributed by atoms with Gasteiger partial charge in [-0.2, -0.15) is 0 Å². The van der Waals surface area contributed by atoms with Crippen molar-refractivity contribution in [3.63, 3.8) is 0 Å². The Morgan fingerprint density at radius 3 is 2.77 bits per heavy atom. The summed E-state index contributed by atoms with van der Waals surface area (Å²) < 4.78 is 9.06. The van der Waals surface area contributed by atoms with Gasteiger partial charge in [-0.15, -0.1) is 0 Å². The number of pyridine rings is 2. The average molecular weight is 546 g/mol. The van der Waals surface area contributed by atoms with Crippen molar-refractivity contribution in [3.8, 4) is 11.1 Å². The van der Waals surface area contributed by atoms with Crippen LogP contribution in [0.3, 0.4) is 0 Å². The van der Waals surface area contributed by atoms with Crippen LogP contribution in [0.1, 0.15) is 54.5 Å². The number of rotatable bonds is 7. The molecule has 2 aliphatic carbocycles. The number of carbonyl (C=O) groups excluding carboxylic acids is 2. The Morgan fingerprint density at radius 2 is 2.02 bits per heavy atom. The van der Waals surface area contributed by atoms with E-state index >= 15 is 0 Å². The standard InChI is InChI=1S/C30H35N5O5/c1-5-40-25-12-20(25)27(37)32-22-10-18(15-33(4)28(22)38)19-6-7-31-26(21(19)16-36)35-9-8-34-23(29(35)39)11-17-13-30(2,3)14-24(17)34/h6-7,10-11,15,20,25,36H,5,8-9,12-14,16H2,1-4H3,(H,32,37)/t20-,25?/m1/s1. The van der Waals surface area contributed by atoms with E-state index in [1.54, 1.807) is 36.5 Å². The summed E-state index contributed by atoms with van der Waals surface area (Å²) in [5.74, 6) is -0.262. The third kappa shape index (κ3) is 4.45. The smallest absolute Gasteiger partial charge is 0.276 e. The molecule has 1 aliphatic heterocycles. The highest BCUT2D eigenvalue weighted by atomic mass is 16.5. The molecule has 1 fully saturated rings. The lowest BCUT2D eigenvalue weighted by Crippen LogP contribution is -2.41. The molecule has 2 atom stereocenters. The fourth-order valence-electron chi connectivity index (χ4n) is 6.27. The Morgan fingerprint density at radius 1 is 1.23 bits per heavy atom. The summed E-state index contributed by atoms with van der Waals surface area (Å²) in [5, 5.41) is 13.3. The molecule has 3 aromatic heterocycles. The maximum absolute atomic E-state index is 13.7. The highest BCUT2D eigenvalue weighted by Gasteiger charge is 2.44. The molecule has 2 amide bonds. The van der Waals surface area contributed by atoms with Gasteiger partial charge >= 0.3 is 0 Å². The lowest BCUT2D eigenvalue weighted by atomic mass is 9.90. The lowest BCUT2D eigenvalue weighted by Gasteiger charge is -2.31. The van der Waals surface area contributed by atoms with Crippen LogP contribution in [0, 0.1) is 11.3 Å². The van der Waals surface area contributed by atoms with Crippen molar-refractivity contribution >= 4 is 23.3 Å². The molecule has 1 saturated carbocycles. The van der Waals surface area contributed by atoms with Gasteiger partial charge in [0.05, 0.1) is 18.6 Å². The van der Waals surface area contributed by atoms with E-state index in [1.165, 1.54) is 15.8 Å². The molecule has 4 heterocycles. The number of carbonyl (C=O) groups is 2. The molecule has 10 nitrogen and oxygen atoms in total. The molecule has 10 heteroatoms. The van der Waals surface area contributed by atoms with Crippen LogP contribution in [0.2, 0.25) is 0 Å². The second kappa shape index (κ2) is 9.71. The summed E-state index contributed by atoms with van der Waals surface area (Å²) in [7, 11) is 1.62. The van der Waals surface area contributed by atoms with Gasteiger partial charge in [-0.1, -0.05) is 13.8 Å². The summed E-state index contributed by atoms with van der Waals surface area (Å²) in [6, 6.07) is 5.38. The minimum Gasteiger partial charge on any atom is -0.392 e. The number of aliphatic hydroxyl groups is 1. The van der Waals surface area contributed by atoms with Crippen molar-refractivity contribution in [2.24, 2.45) is 18.4 Å². The number of nitrogens with zero attached hydrogens (tertiary/aromatic N) is 4. The number of hydrogen-bond acceptors (Lipinski definition) is 6. The van der Waals surface area contributed by atoms with E-state index in [2.05, 4.69) is 28.7 Å². The first kappa shape index (κ1) is 26.5. The highest BCUT2D eigenvalue weighted by Crippen LogP contribution is 2.40. The molecular formula is C30H35N5O5. The van der Waals surface area contributed by atoms with E-state index in [-0.39, 0.29) is 47.1 Å². The number of fused-ring (bicyclic) bond motifs is 3. The van der Waals surface area contributed by atoms with Crippen LogP contribution < -0.4 is 15.8 Å². The van der Waals surface area contributed by atoms with Crippen LogP contribution in [-0.2, 0) is 42.6 Å². The van der Waals surface area contributed by atoms with Gasteiger partial charge in [0.25, 0.3) is 11.5 Å². The van der Waals surface area contributed by atoms with Gasteiger partial charge in [-0.05, 0) is 60.9 Å². The van der Waals surface area contributed by atoms with Crippen molar-refractivity contribution in [3.05, 3.63) is 63.5 Å². The normalized spacial score (nSPS) is 20.8. The first-order valence-electron chi connectivity index (χ1n) is 13.9. The number of amides is 2. The molecule has 0 bridgehead atoms. The zero-order chi connectivity index (χ0) is 28.3. The number of ether oxygens (including phenoxy) is 1. The van der Waals surface area contributed by atoms with Gasteiger partial charge in [-0.3, -0.25) is 19.3 Å². The minimum absolute atomic E-state index is 0.114. The zero-order valence-corrected chi connectivity index (χ0v) is 23.4. The molecule has 3 aromatic rings. The summed E-state index contributed by atoms with van der Waals surface area (Å²) in [6.07, 6.45) is 5.68. The van der Waals surface area contributed by atoms with Crippen molar-refractivity contribution in [2.45, 2.75) is 59.3 Å². The van der Waals surface area contributed by atoms with E-state index in [0.29, 0.717) is 54.3 Å². The number of anilines is 2. The summed E-state index contributed by atoms with van der Waals surface area (Å²) in [4.78, 5) is 45.5. The fourth-order valence-corrected chi connectivity index (χ4v) is 6.27. The van der Waals surface area contributed by atoms with Gasteiger partial charge in [0.1, 0.15) is 17.2 Å². The van der Waals surface area contributed by atoms with Gasteiger partial charge in [0, 0.05) is 56.0 Å². The van der Waals surface area contributed by atoms with Gasteiger partial charge < -0.3 is 24.3 Å². The van der Waals surface area contributed by atoms with E-state index < -0.39 is 0 Å². The Labute approximate surface area is 232 Å². The molecule has 2 N–H and O–H groups in total. The van der Waals surface area contributed by atoms with Crippen LogP contribution in [0.5, 0.6) is 0 Å². The van der Waals surface area contributed by atoms with Crippen LogP contribution in [-0.4, -0.2) is 50.3 Å². The Balaban J connectivity index is 1.32. The second-order valence-electron chi connectivity index (χ2n) is 11.8. The third-order valence-electron chi connectivity index (χ3n) is 8.27. The average Bonchev–Trinajstić information content (AvgIpc) is 3.52. The van der Waals surface area contributed by atoms with Gasteiger partial charge in [-0.25, -0.2) is 4.98 Å². The lowest BCUT2D eigenvalue weighted by molar-refractivity contribution is -0.118. The van der Waals surface area contributed by atoms with Crippen molar-refractivity contribution < 1.29 is 19.4 Å². The molecule has 0 aromatic carbocycles. The molecule has 0 spiro atoms. The van der Waals surface area contributed by atoms with Gasteiger partial charge in [0.15, 0.2) is 0 Å². The number of aliphatic hydroxyl groups excluding tert-OH is 1. The second-order valence-corrected chi connectivity index (χ2v) is 11.8. The third-order valence-corrected chi connectivity index (χ3v) is 8.27. The quantitative estimate of drug-likeness (QED) is 0.471. The minimum atomic E-state index is -0.351. The summed E-state index contributed by atoms with van der Waals surface area (Å²) in [5.41, 5.74) is 4.89. The topological polar surface area (TPSA) is 119 Å². The number of nitrogens with one attached hydrogen (secondary N) is 1. The van der Waals surface area contributed by atoms with Crippen LogP contribution in [0.15, 0.2) is 35.4 Å². The fraction of sp³-hybridized carbons (Fsp3) is 0.467. The predicted octanol–water partition coefficient (Wildman–Crippen LogP) is 2.89. The Bertz CT molecular complexity index is 1590. The molecule has 3 aliphatic rings. The first-order valence-corrected chi connectivity index (χ1v) is 13.9. The summed E-state index contributed by atoms with van der Waals surface area (Å²) in [6.45, 7) is 7.66.